The molecule has 1 aliphatic heterocycles. The number of ether oxygens (including phenoxy) is 1. The van der Waals surface area contributed by atoms with Crippen molar-refractivity contribution in [2.24, 2.45) is 5.73 Å². The topological polar surface area (TPSA) is 176 Å². The molecule has 1 atom stereocenters. The number of aromatic amines is 1. The number of fused-ring (bicyclic) bond motifs is 4. The Labute approximate surface area is 209 Å². The molecular formula is C22H24ClN5O6S. The molecule has 0 bridgehead atoms. The average molecular weight is 522 g/mol. The number of rotatable bonds is 4. The molecule has 2 aromatic heterocycles. The zero-order valence-electron chi connectivity index (χ0n) is 18.7. The van der Waals surface area contributed by atoms with E-state index in [0.717, 1.165) is 16.9 Å². The fourth-order valence-corrected chi connectivity index (χ4v) is 5.38. The fraction of sp³-hybridized carbons (Fsp3) is 0.318. The van der Waals surface area contributed by atoms with Crippen LogP contribution < -0.4 is 26.7 Å². The Balaban J connectivity index is 0.00000111. The lowest BCUT2D eigenvalue weighted by Crippen LogP contribution is -2.28. The van der Waals surface area contributed by atoms with Gasteiger partial charge in [0.25, 0.3) is 17.4 Å². The summed E-state index contributed by atoms with van der Waals surface area (Å²) >= 11 is 1.27. The lowest BCUT2D eigenvalue weighted by atomic mass is 9.86. The van der Waals surface area contributed by atoms with Crippen LogP contribution in [0.4, 0.5) is 5.69 Å². The fourth-order valence-electron chi connectivity index (χ4n) is 4.10. The molecule has 0 fully saturated rings. The van der Waals surface area contributed by atoms with Gasteiger partial charge >= 0.3 is 5.97 Å². The number of amides is 2. The van der Waals surface area contributed by atoms with Crippen molar-refractivity contribution in [3.05, 3.63) is 50.4 Å². The Kier molecular flexibility index (Phi) is 8.10. The molecule has 35 heavy (non-hydrogen) atoms. The molecule has 3 aromatic rings. The first-order valence-electron chi connectivity index (χ1n) is 10.6. The highest BCUT2D eigenvalue weighted by molar-refractivity contribution is 7.18. The summed E-state index contributed by atoms with van der Waals surface area (Å²) in [5.74, 6) is -2.09. The predicted octanol–water partition coefficient (Wildman–Crippen LogP) is 1.75. The summed E-state index contributed by atoms with van der Waals surface area (Å²) in [6.07, 6.45) is 1.90. The SMILES string of the molecule is CN.Cl.O=C1COc2ccc(CNC(=O)c3nc4sc5c(c4c(=O)[nH]3)C(C(=O)O)CCC5)cc2N1. The van der Waals surface area contributed by atoms with E-state index in [9.17, 15) is 24.3 Å². The van der Waals surface area contributed by atoms with Crippen LogP contribution >= 0.6 is 23.7 Å². The molecule has 0 spiro atoms. The van der Waals surface area contributed by atoms with Crippen molar-refractivity contribution >= 4 is 57.4 Å². The molecule has 1 aliphatic carbocycles. The van der Waals surface area contributed by atoms with Crippen molar-refractivity contribution in [3.63, 3.8) is 0 Å². The van der Waals surface area contributed by atoms with Crippen LogP contribution in [0.25, 0.3) is 10.2 Å². The van der Waals surface area contributed by atoms with Gasteiger partial charge in [0.05, 0.1) is 17.0 Å². The Hall–Kier alpha value is -3.48. The second kappa shape index (κ2) is 10.8. The second-order valence-electron chi connectivity index (χ2n) is 7.67. The molecule has 1 unspecified atom stereocenters. The minimum absolute atomic E-state index is 0. The van der Waals surface area contributed by atoms with E-state index in [-0.39, 0.29) is 42.7 Å². The van der Waals surface area contributed by atoms with Gasteiger partial charge in [-0.15, -0.1) is 23.7 Å². The van der Waals surface area contributed by atoms with E-state index in [1.165, 1.54) is 18.4 Å². The molecule has 186 valence electrons. The lowest BCUT2D eigenvalue weighted by Gasteiger charge is -2.18. The van der Waals surface area contributed by atoms with Crippen LogP contribution in [0.5, 0.6) is 5.75 Å². The minimum atomic E-state index is -0.960. The Morgan fingerprint density at radius 1 is 1.31 bits per heavy atom. The van der Waals surface area contributed by atoms with Crippen LogP contribution in [0.15, 0.2) is 23.0 Å². The van der Waals surface area contributed by atoms with Crippen molar-refractivity contribution in [1.82, 2.24) is 15.3 Å². The summed E-state index contributed by atoms with van der Waals surface area (Å²) in [6.45, 7) is 0.107. The normalized spacial score (nSPS) is 15.8. The van der Waals surface area contributed by atoms with Crippen molar-refractivity contribution in [2.45, 2.75) is 31.7 Å². The Bertz CT molecular complexity index is 1350. The summed E-state index contributed by atoms with van der Waals surface area (Å²) < 4.78 is 5.31. The number of nitrogens with zero attached hydrogens (tertiary/aromatic N) is 1. The molecule has 3 heterocycles. The van der Waals surface area contributed by atoms with Gasteiger partial charge in [-0.05, 0) is 49.6 Å². The van der Waals surface area contributed by atoms with E-state index >= 15 is 0 Å². The Morgan fingerprint density at radius 3 is 2.83 bits per heavy atom. The first-order valence-corrected chi connectivity index (χ1v) is 11.4. The number of nitrogens with two attached hydrogens (primary N) is 1. The van der Waals surface area contributed by atoms with Crippen molar-refractivity contribution in [2.75, 3.05) is 19.0 Å². The van der Waals surface area contributed by atoms with Gasteiger partial charge in [0.15, 0.2) is 6.61 Å². The quantitative estimate of drug-likeness (QED) is 0.344. The van der Waals surface area contributed by atoms with E-state index in [0.29, 0.717) is 34.7 Å². The predicted molar refractivity (Wildman–Crippen MR) is 133 cm³/mol. The van der Waals surface area contributed by atoms with Gasteiger partial charge in [0, 0.05) is 11.4 Å². The van der Waals surface area contributed by atoms with Gasteiger partial charge in [-0.3, -0.25) is 19.2 Å². The maximum Gasteiger partial charge on any atom is 0.311 e. The number of hydrogen-bond acceptors (Lipinski definition) is 8. The highest BCUT2D eigenvalue weighted by Gasteiger charge is 2.32. The zero-order valence-corrected chi connectivity index (χ0v) is 20.3. The van der Waals surface area contributed by atoms with Crippen LogP contribution in [0.2, 0.25) is 0 Å². The number of carboxylic acid groups (broad SMARTS) is 1. The summed E-state index contributed by atoms with van der Waals surface area (Å²) in [7, 11) is 1.50. The highest BCUT2D eigenvalue weighted by Crippen LogP contribution is 2.40. The van der Waals surface area contributed by atoms with Gasteiger partial charge in [-0.25, -0.2) is 4.98 Å². The van der Waals surface area contributed by atoms with E-state index in [4.69, 9.17) is 4.74 Å². The van der Waals surface area contributed by atoms with E-state index in [2.05, 4.69) is 26.3 Å². The molecule has 1 aromatic carbocycles. The molecule has 0 saturated carbocycles. The number of aliphatic carboxylic acids is 1. The van der Waals surface area contributed by atoms with Crippen LogP contribution in [0.3, 0.4) is 0 Å². The lowest BCUT2D eigenvalue weighted by molar-refractivity contribution is -0.139. The number of carbonyl (C=O) groups is 3. The number of carbonyl (C=O) groups excluding carboxylic acids is 2. The highest BCUT2D eigenvalue weighted by atomic mass is 35.5. The van der Waals surface area contributed by atoms with Gasteiger partial charge < -0.3 is 31.2 Å². The second-order valence-corrected chi connectivity index (χ2v) is 8.75. The van der Waals surface area contributed by atoms with E-state index in [1.807, 2.05) is 0 Å². The van der Waals surface area contributed by atoms with Crippen molar-refractivity contribution in [1.29, 1.82) is 0 Å². The molecule has 11 nitrogen and oxygen atoms in total. The van der Waals surface area contributed by atoms with Crippen LogP contribution in [-0.2, 0) is 22.6 Å². The molecule has 0 radical (unpaired) electrons. The first-order chi connectivity index (χ1) is 16.4. The van der Waals surface area contributed by atoms with Crippen LogP contribution in [0, 0.1) is 0 Å². The number of carboxylic acids is 1. The smallest absolute Gasteiger partial charge is 0.311 e. The molecule has 0 saturated heterocycles. The summed E-state index contributed by atoms with van der Waals surface area (Å²) in [6, 6.07) is 5.16. The standard InChI is InChI=1S/C21H18N4O6S.CH5N.ClH/c26-14-8-31-12-5-4-9(6-11(12)23-14)7-22-19(28)17-24-18(27)16-15-10(21(29)30)2-1-3-13(15)32-20(16)25-17;1-2;/h4-6,10H,1-3,7-8H2,(H,22,28)(H,23,26)(H,29,30)(H,24,25,27);2H2,1H3;1H. The number of thiophene rings is 1. The molecule has 5 rings (SSSR count). The third-order valence-corrected chi connectivity index (χ3v) is 6.72. The number of anilines is 1. The number of halogens is 1. The van der Waals surface area contributed by atoms with Crippen LogP contribution in [-0.4, -0.2) is 46.5 Å². The third kappa shape index (κ3) is 5.14. The summed E-state index contributed by atoms with van der Waals surface area (Å²) in [4.78, 5) is 56.5. The van der Waals surface area contributed by atoms with Gasteiger partial charge in [0.1, 0.15) is 10.6 Å². The zero-order chi connectivity index (χ0) is 24.4. The maximum absolute atomic E-state index is 12.8. The van der Waals surface area contributed by atoms with Gasteiger partial charge in [0.2, 0.25) is 5.82 Å². The molecular weight excluding hydrogens is 498 g/mol. The average Bonchev–Trinajstić information content (AvgIpc) is 3.22. The maximum atomic E-state index is 12.8. The van der Waals surface area contributed by atoms with Gasteiger partial charge in [-0.2, -0.15) is 0 Å². The van der Waals surface area contributed by atoms with E-state index < -0.39 is 23.4 Å². The minimum Gasteiger partial charge on any atom is -0.482 e. The summed E-state index contributed by atoms with van der Waals surface area (Å²) in [5.41, 5.74) is 5.77. The number of nitrogens with one attached hydrogen (secondary N) is 3. The third-order valence-electron chi connectivity index (χ3n) is 5.56. The molecule has 6 N–H and O–H groups in total. The number of hydrogen-bond donors (Lipinski definition) is 5. The number of aromatic nitrogens is 2. The number of benzene rings is 1. The van der Waals surface area contributed by atoms with Crippen molar-refractivity contribution < 1.29 is 24.2 Å². The van der Waals surface area contributed by atoms with Crippen LogP contribution in [0.1, 0.15) is 45.4 Å². The van der Waals surface area contributed by atoms with Crippen molar-refractivity contribution in [3.8, 4) is 5.75 Å². The molecule has 13 heteroatoms. The molecule has 2 aliphatic rings. The number of aryl methyl sites for hydroxylation is 1. The first kappa shape index (κ1) is 26.1. The molecule has 2 amide bonds. The number of H-pyrrole nitrogens is 1. The Morgan fingerprint density at radius 2 is 2.09 bits per heavy atom. The summed E-state index contributed by atoms with van der Waals surface area (Å²) in [5, 5.41) is 15.2. The van der Waals surface area contributed by atoms with E-state index in [1.54, 1.807) is 18.2 Å². The van der Waals surface area contributed by atoms with Gasteiger partial charge in [-0.1, -0.05) is 6.07 Å². The monoisotopic (exact) mass is 521 g/mol. The largest absolute Gasteiger partial charge is 0.482 e.